The van der Waals surface area contributed by atoms with Crippen LogP contribution < -0.4 is 0 Å². The molecule has 0 atom stereocenters. The molecule has 1 aromatic rings. The lowest BCUT2D eigenvalue weighted by Gasteiger charge is -2.54. The Morgan fingerprint density at radius 3 is 2.14 bits per heavy atom. The standard InChI is InChI=1S/C19H21BrS/c20-18-3-1-14(2-4-18)13-21-6-5-19-10-15-7-16(11-19)9-17(8-15)12-19/h1-4,15-17H,7-13H2. The van der Waals surface area contributed by atoms with E-state index in [4.69, 9.17) is 0 Å². The van der Waals surface area contributed by atoms with Gasteiger partial charge in [-0.2, -0.15) is 0 Å². The Balaban J connectivity index is 1.39. The van der Waals surface area contributed by atoms with E-state index >= 15 is 0 Å². The van der Waals surface area contributed by atoms with Crippen molar-refractivity contribution >= 4 is 27.7 Å². The van der Waals surface area contributed by atoms with Crippen molar-refractivity contribution < 1.29 is 0 Å². The topological polar surface area (TPSA) is 0 Å². The third kappa shape index (κ3) is 3.06. The molecule has 0 N–H and O–H groups in total. The highest BCUT2D eigenvalue weighted by molar-refractivity contribution is 9.10. The third-order valence-electron chi connectivity index (χ3n) is 5.58. The Bertz CT molecular complexity index is 543. The number of rotatable bonds is 2. The summed E-state index contributed by atoms with van der Waals surface area (Å²) >= 11 is 5.27. The zero-order valence-electron chi connectivity index (χ0n) is 12.3. The summed E-state index contributed by atoms with van der Waals surface area (Å²) in [5.41, 5.74) is 1.77. The van der Waals surface area contributed by atoms with Crippen LogP contribution in [0.4, 0.5) is 0 Å². The van der Waals surface area contributed by atoms with Gasteiger partial charge >= 0.3 is 0 Å². The Labute approximate surface area is 140 Å². The van der Waals surface area contributed by atoms with Gasteiger partial charge in [0.05, 0.1) is 0 Å². The first-order chi connectivity index (χ1) is 10.2. The van der Waals surface area contributed by atoms with Crippen LogP contribution in [0, 0.1) is 34.3 Å². The lowest BCUT2D eigenvalue weighted by atomic mass is 9.50. The lowest BCUT2D eigenvalue weighted by Crippen LogP contribution is -2.45. The molecule has 0 unspecified atom stereocenters. The largest absolute Gasteiger partial charge is 0.0844 e. The molecular weight excluding hydrogens is 340 g/mol. The minimum Gasteiger partial charge on any atom is -0.0844 e. The molecule has 0 saturated heterocycles. The van der Waals surface area contributed by atoms with E-state index in [2.05, 4.69) is 51.4 Å². The first-order valence-corrected chi connectivity index (χ1v) is 9.87. The highest BCUT2D eigenvalue weighted by atomic mass is 79.9. The normalized spacial score (nSPS) is 36.3. The van der Waals surface area contributed by atoms with E-state index in [0.717, 1.165) is 28.0 Å². The molecule has 110 valence electrons. The second-order valence-electron chi connectivity index (χ2n) is 7.34. The van der Waals surface area contributed by atoms with Crippen LogP contribution in [0.15, 0.2) is 28.7 Å². The highest BCUT2D eigenvalue weighted by Crippen LogP contribution is 2.59. The van der Waals surface area contributed by atoms with E-state index in [1.54, 1.807) is 11.8 Å². The lowest BCUT2D eigenvalue weighted by molar-refractivity contribution is -0.0180. The molecular formula is C19H21BrS. The van der Waals surface area contributed by atoms with Crippen molar-refractivity contribution in [2.24, 2.45) is 23.2 Å². The second kappa shape index (κ2) is 5.67. The molecule has 4 aliphatic carbocycles. The fraction of sp³-hybridized carbons (Fsp3) is 0.579. The summed E-state index contributed by atoms with van der Waals surface area (Å²) in [4.78, 5) is 0. The third-order valence-corrected chi connectivity index (χ3v) is 6.83. The van der Waals surface area contributed by atoms with Gasteiger partial charge in [0.1, 0.15) is 0 Å². The van der Waals surface area contributed by atoms with Crippen LogP contribution >= 0.6 is 27.7 Å². The summed E-state index contributed by atoms with van der Waals surface area (Å²) in [7, 11) is 0. The average Bonchev–Trinajstić information content (AvgIpc) is 2.44. The van der Waals surface area contributed by atoms with E-state index in [1.165, 1.54) is 44.1 Å². The van der Waals surface area contributed by atoms with Crippen molar-refractivity contribution in [3.8, 4) is 11.2 Å². The summed E-state index contributed by atoms with van der Waals surface area (Å²) < 4.78 is 1.15. The molecule has 0 aromatic heterocycles. The SMILES string of the molecule is Brc1ccc(CSC#CC23CC4CC(CC(C4)C2)C3)cc1. The molecule has 0 spiro atoms. The van der Waals surface area contributed by atoms with E-state index in [1.807, 2.05) is 0 Å². The van der Waals surface area contributed by atoms with Gasteiger partial charge in [0.15, 0.2) is 0 Å². The summed E-state index contributed by atoms with van der Waals surface area (Å²) in [6.45, 7) is 0. The molecule has 0 aliphatic heterocycles. The van der Waals surface area contributed by atoms with Crippen LogP contribution in [0.2, 0.25) is 0 Å². The Morgan fingerprint density at radius 2 is 1.57 bits per heavy atom. The zero-order chi connectivity index (χ0) is 14.3. The first-order valence-electron chi connectivity index (χ1n) is 8.09. The van der Waals surface area contributed by atoms with Crippen LogP contribution in [0.3, 0.4) is 0 Å². The maximum Gasteiger partial charge on any atom is 0.0331 e. The second-order valence-corrected chi connectivity index (χ2v) is 9.04. The fourth-order valence-electron chi connectivity index (χ4n) is 5.11. The summed E-state index contributed by atoms with van der Waals surface area (Å²) in [5.74, 6) is 7.72. The minimum atomic E-state index is 0.404. The number of hydrogen-bond acceptors (Lipinski definition) is 1. The zero-order valence-corrected chi connectivity index (χ0v) is 14.7. The minimum absolute atomic E-state index is 0.404. The van der Waals surface area contributed by atoms with Gasteiger partial charge in [-0.15, -0.1) is 0 Å². The number of thioether (sulfide) groups is 1. The number of hydrogen-bond donors (Lipinski definition) is 0. The molecule has 0 nitrogen and oxygen atoms in total. The average molecular weight is 361 g/mol. The Hall–Kier alpha value is -0.390. The summed E-state index contributed by atoms with van der Waals surface area (Å²) in [5, 5.41) is 3.46. The molecule has 2 heteroatoms. The summed E-state index contributed by atoms with van der Waals surface area (Å²) in [6.07, 6.45) is 8.70. The molecule has 4 saturated carbocycles. The Morgan fingerprint density at radius 1 is 1.00 bits per heavy atom. The van der Waals surface area contributed by atoms with Crippen molar-refractivity contribution in [2.45, 2.75) is 44.3 Å². The van der Waals surface area contributed by atoms with Gasteiger partial charge in [-0.3, -0.25) is 0 Å². The fourth-order valence-corrected chi connectivity index (χ4v) is 6.09. The van der Waals surface area contributed by atoms with E-state index in [-0.39, 0.29) is 0 Å². The van der Waals surface area contributed by atoms with Crippen molar-refractivity contribution in [2.75, 3.05) is 0 Å². The van der Waals surface area contributed by atoms with E-state index in [9.17, 15) is 0 Å². The maximum absolute atomic E-state index is 3.71. The van der Waals surface area contributed by atoms with E-state index in [0.29, 0.717) is 5.41 Å². The maximum atomic E-state index is 3.71. The van der Waals surface area contributed by atoms with Crippen molar-refractivity contribution in [1.82, 2.24) is 0 Å². The van der Waals surface area contributed by atoms with Gasteiger partial charge in [0.25, 0.3) is 0 Å². The van der Waals surface area contributed by atoms with Crippen LogP contribution in [0.1, 0.15) is 44.1 Å². The van der Waals surface area contributed by atoms with Crippen LogP contribution in [0.5, 0.6) is 0 Å². The molecule has 21 heavy (non-hydrogen) atoms. The molecule has 4 aliphatic rings. The van der Waals surface area contributed by atoms with Gasteiger partial charge in [0.2, 0.25) is 0 Å². The molecule has 0 amide bonds. The smallest absolute Gasteiger partial charge is 0.0331 e. The Kier molecular flexibility index (Phi) is 3.84. The summed E-state index contributed by atoms with van der Waals surface area (Å²) in [6, 6.07) is 8.60. The molecule has 0 radical (unpaired) electrons. The van der Waals surface area contributed by atoms with E-state index < -0.39 is 0 Å². The van der Waals surface area contributed by atoms with Gasteiger partial charge in [-0.25, -0.2) is 0 Å². The highest BCUT2D eigenvalue weighted by Gasteiger charge is 2.50. The van der Waals surface area contributed by atoms with Crippen LogP contribution in [-0.2, 0) is 5.75 Å². The molecule has 4 bridgehead atoms. The quantitative estimate of drug-likeness (QED) is 0.595. The number of halogens is 1. The number of benzene rings is 1. The van der Waals surface area contributed by atoms with Gasteiger partial charge in [0, 0.05) is 15.6 Å². The van der Waals surface area contributed by atoms with Crippen molar-refractivity contribution in [1.29, 1.82) is 0 Å². The van der Waals surface area contributed by atoms with Crippen LogP contribution in [-0.4, -0.2) is 0 Å². The monoisotopic (exact) mass is 360 g/mol. The predicted octanol–water partition coefficient (Wildman–Crippen LogP) is 5.86. The first kappa shape index (κ1) is 14.2. The molecule has 4 fully saturated rings. The van der Waals surface area contributed by atoms with Gasteiger partial charge < -0.3 is 0 Å². The van der Waals surface area contributed by atoms with Gasteiger partial charge in [-0.1, -0.05) is 45.7 Å². The van der Waals surface area contributed by atoms with Crippen LogP contribution in [0.25, 0.3) is 0 Å². The van der Waals surface area contributed by atoms with Gasteiger partial charge in [-0.05, 0) is 79.2 Å². The van der Waals surface area contributed by atoms with Crippen molar-refractivity contribution in [3.05, 3.63) is 34.3 Å². The molecule has 1 aromatic carbocycles. The molecule has 0 heterocycles. The predicted molar refractivity (Wildman–Crippen MR) is 93.8 cm³/mol. The molecule has 5 rings (SSSR count). The van der Waals surface area contributed by atoms with Crippen molar-refractivity contribution in [3.63, 3.8) is 0 Å².